The van der Waals surface area contributed by atoms with Crippen molar-refractivity contribution in [2.75, 3.05) is 17.2 Å². The van der Waals surface area contributed by atoms with E-state index < -0.39 is 5.41 Å². The molecule has 0 aliphatic carbocycles. The molecule has 0 aliphatic rings. The fourth-order valence-electron chi connectivity index (χ4n) is 5.25. The number of hydrogen-bond donors (Lipinski definition) is 3. The molecule has 6 nitrogen and oxygen atoms in total. The van der Waals surface area contributed by atoms with E-state index in [-0.39, 0.29) is 0 Å². The molecule has 0 heterocycles. The third kappa shape index (κ3) is 7.05. The highest BCUT2D eigenvalue weighted by Gasteiger charge is 2.31. The Morgan fingerprint density at radius 1 is 0.404 bits per heavy atom. The highest BCUT2D eigenvalue weighted by molar-refractivity contribution is 6.33. The van der Waals surface area contributed by atoms with Crippen LogP contribution >= 0.6 is 34.8 Å². The van der Waals surface area contributed by atoms with Crippen LogP contribution in [0, 0.1) is 0 Å². The molecule has 236 valence electrons. The predicted octanol–water partition coefficient (Wildman–Crippen LogP) is 11.1. The summed E-state index contributed by atoms with van der Waals surface area (Å²) in [5.41, 5.74) is 21.7. The fraction of sp³-hybridized carbons (Fsp3) is 0.0526. The van der Waals surface area contributed by atoms with Gasteiger partial charge in [0, 0.05) is 22.5 Å². The quantitative estimate of drug-likeness (QED) is 0.103. The van der Waals surface area contributed by atoms with Crippen LogP contribution < -0.4 is 31.4 Å². The van der Waals surface area contributed by atoms with Crippen LogP contribution in [0.1, 0.15) is 23.6 Å². The summed E-state index contributed by atoms with van der Waals surface area (Å²) < 4.78 is 18.2. The molecule has 0 saturated heterocycles. The van der Waals surface area contributed by atoms with Crippen LogP contribution in [0.4, 0.5) is 17.1 Å². The molecule has 0 amide bonds. The molecule has 6 N–H and O–H groups in total. The molecular formula is C38H30Cl3N3O3. The maximum absolute atomic E-state index is 6.35. The lowest BCUT2D eigenvalue weighted by molar-refractivity contribution is 0.481. The van der Waals surface area contributed by atoms with Gasteiger partial charge in [-0.2, -0.15) is 0 Å². The summed E-state index contributed by atoms with van der Waals surface area (Å²) in [5, 5.41) is 1.30. The Morgan fingerprint density at radius 3 is 0.894 bits per heavy atom. The van der Waals surface area contributed by atoms with Gasteiger partial charge in [-0.15, -0.1) is 0 Å². The van der Waals surface area contributed by atoms with E-state index in [9.17, 15) is 0 Å². The second-order valence-electron chi connectivity index (χ2n) is 11.1. The van der Waals surface area contributed by atoms with Crippen LogP contribution in [-0.4, -0.2) is 0 Å². The fourth-order valence-corrected chi connectivity index (χ4v) is 5.93. The zero-order chi connectivity index (χ0) is 33.1. The van der Waals surface area contributed by atoms with E-state index in [0.29, 0.717) is 66.6 Å². The molecule has 47 heavy (non-hydrogen) atoms. The van der Waals surface area contributed by atoms with Gasteiger partial charge in [0.25, 0.3) is 0 Å². The second kappa shape index (κ2) is 13.4. The molecule has 0 aliphatic heterocycles. The number of ether oxygens (including phenoxy) is 3. The van der Waals surface area contributed by atoms with Gasteiger partial charge in [-0.3, -0.25) is 0 Å². The molecule has 0 spiro atoms. The number of anilines is 3. The Labute approximate surface area is 288 Å². The van der Waals surface area contributed by atoms with Crippen molar-refractivity contribution < 1.29 is 14.2 Å². The lowest BCUT2D eigenvalue weighted by atomic mass is 9.71. The van der Waals surface area contributed by atoms with Crippen LogP contribution in [-0.2, 0) is 5.41 Å². The summed E-state index contributed by atoms with van der Waals surface area (Å²) in [6.07, 6.45) is 0. The largest absolute Gasteiger partial charge is 0.456 e. The Kier molecular flexibility index (Phi) is 9.10. The molecular weight excluding hydrogens is 653 g/mol. The Balaban J connectivity index is 1.33. The molecule has 0 atom stereocenters. The third-order valence-corrected chi connectivity index (χ3v) is 8.73. The van der Waals surface area contributed by atoms with Crippen LogP contribution in [0.3, 0.4) is 0 Å². The Hall–Kier alpha value is -5.01. The van der Waals surface area contributed by atoms with Gasteiger partial charge in [0.2, 0.25) is 0 Å². The first-order chi connectivity index (χ1) is 22.6. The van der Waals surface area contributed by atoms with Crippen LogP contribution in [0.25, 0.3) is 0 Å². The van der Waals surface area contributed by atoms with Crippen molar-refractivity contribution in [2.45, 2.75) is 12.3 Å². The molecule has 6 aromatic carbocycles. The van der Waals surface area contributed by atoms with Crippen molar-refractivity contribution >= 4 is 51.9 Å². The minimum atomic E-state index is -0.591. The number of halogens is 3. The van der Waals surface area contributed by atoms with Crippen molar-refractivity contribution in [3.05, 3.63) is 159 Å². The summed E-state index contributed by atoms with van der Waals surface area (Å²) in [6.45, 7) is 2.17. The molecule has 0 aromatic heterocycles. The monoisotopic (exact) mass is 681 g/mol. The summed E-state index contributed by atoms with van der Waals surface area (Å²) in [7, 11) is 0. The van der Waals surface area contributed by atoms with Gasteiger partial charge < -0.3 is 31.4 Å². The lowest BCUT2D eigenvalue weighted by Crippen LogP contribution is -2.25. The van der Waals surface area contributed by atoms with Crippen molar-refractivity contribution in [2.24, 2.45) is 0 Å². The zero-order valence-electron chi connectivity index (χ0n) is 25.2. The SMILES string of the molecule is CC(c1ccc(Oc2ccc(N)cc2Cl)cc1)(c1ccc(Oc2ccc(N)cc2Cl)cc1)c1ccc(Oc2ccc(N)cc2Cl)cc1. The summed E-state index contributed by atoms with van der Waals surface area (Å²) in [4.78, 5) is 0. The van der Waals surface area contributed by atoms with E-state index in [1.165, 1.54) is 0 Å². The normalized spacial score (nSPS) is 11.2. The molecule has 6 aromatic rings. The predicted molar refractivity (Wildman–Crippen MR) is 193 cm³/mol. The van der Waals surface area contributed by atoms with Gasteiger partial charge in [0.05, 0.1) is 15.1 Å². The molecule has 0 fully saturated rings. The first-order valence-electron chi connectivity index (χ1n) is 14.6. The van der Waals surface area contributed by atoms with Gasteiger partial charge in [-0.05, 0) is 115 Å². The van der Waals surface area contributed by atoms with Crippen molar-refractivity contribution in [1.29, 1.82) is 0 Å². The third-order valence-electron chi connectivity index (χ3n) is 7.85. The summed E-state index contributed by atoms with van der Waals surface area (Å²) in [5.74, 6) is 3.46. The zero-order valence-corrected chi connectivity index (χ0v) is 27.5. The van der Waals surface area contributed by atoms with Crippen LogP contribution in [0.15, 0.2) is 127 Å². The second-order valence-corrected chi connectivity index (χ2v) is 12.3. The summed E-state index contributed by atoms with van der Waals surface area (Å²) in [6, 6.07) is 39.2. The number of hydrogen-bond acceptors (Lipinski definition) is 6. The molecule has 0 unspecified atom stereocenters. The maximum atomic E-state index is 6.35. The smallest absolute Gasteiger partial charge is 0.146 e. The number of nitrogen functional groups attached to an aromatic ring is 3. The first-order valence-corrected chi connectivity index (χ1v) is 15.7. The van der Waals surface area contributed by atoms with E-state index in [1.807, 2.05) is 72.8 Å². The number of benzene rings is 6. The lowest BCUT2D eigenvalue weighted by Gasteiger charge is -2.32. The standard InChI is InChI=1S/C38H30Cl3N3O3/c1-38(23-2-11-29(12-3-23)45-35-17-8-26(42)20-32(35)39,24-4-13-30(14-5-24)46-36-18-9-27(43)21-33(36)40)25-6-15-31(16-7-25)47-37-19-10-28(44)22-34(37)41/h2-22H,42-44H2,1H3. The number of rotatable bonds is 9. The van der Waals surface area contributed by atoms with Crippen molar-refractivity contribution in [3.63, 3.8) is 0 Å². The van der Waals surface area contributed by atoms with E-state index in [4.69, 9.17) is 66.2 Å². The van der Waals surface area contributed by atoms with Gasteiger partial charge in [0.15, 0.2) is 0 Å². The van der Waals surface area contributed by atoms with Gasteiger partial charge >= 0.3 is 0 Å². The van der Waals surface area contributed by atoms with E-state index in [2.05, 4.69) is 6.92 Å². The van der Waals surface area contributed by atoms with E-state index in [0.717, 1.165) is 16.7 Å². The minimum Gasteiger partial charge on any atom is -0.456 e. The van der Waals surface area contributed by atoms with E-state index >= 15 is 0 Å². The molecule has 0 radical (unpaired) electrons. The Bertz CT molecular complexity index is 1800. The van der Waals surface area contributed by atoms with Gasteiger partial charge in [0.1, 0.15) is 34.5 Å². The first kappa shape index (κ1) is 32.0. The van der Waals surface area contributed by atoms with E-state index in [1.54, 1.807) is 54.6 Å². The summed E-state index contributed by atoms with van der Waals surface area (Å²) >= 11 is 19.1. The highest BCUT2D eigenvalue weighted by atomic mass is 35.5. The average Bonchev–Trinajstić information content (AvgIpc) is 3.06. The van der Waals surface area contributed by atoms with Crippen LogP contribution in [0.2, 0.25) is 15.1 Å². The highest BCUT2D eigenvalue weighted by Crippen LogP contribution is 2.42. The molecule has 0 saturated carbocycles. The number of nitrogens with two attached hydrogens (primary N) is 3. The average molecular weight is 683 g/mol. The maximum Gasteiger partial charge on any atom is 0.146 e. The van der Waals surface area contributed by atoms with Crippen LogP contribution in [0.5, 0.6) is 34.5 Å². The topological polar surface area (TPSA) is 106 Å². The van der Waals surface area contributed by atoms with Crippen molar-refractivity contribution in [3.8, 4) is 34.5 Å². The Morgan fingerprint density at radius 2 is 0.660 bits per heavy atom. The molecule has 9 heteroatoms. The molecule has 6 rings (SSSR count). The van der Waals surface area contributed by atoms with Gasteiger partial charge in [-0.1, -0.05) is 71.2 Å². The molecule has 0 bridgehead atoms. The van der Waals surface area contributed by atoms with Gasteiger partial charge in [-0.25, -0.2) is 0 Å². The minimum absolute atomic E-state index is 0.434. The van der Waals surface area contributed by atoms with Crippen molar-refractivity contribution in [1.82, 2.24) is 0 Å².